The number of methoxy groups -OCH3 is 1. The van der Waals surface area contributed by atoms with E-state index in [2.05, 4.69) is 0 Å². The third-order valence-electron chi connectivity index (χ3n) is 3.21. The normalized spacial score (nSPS) is 11.9. The Balaban J connectivity index is 2.02. The lowest BCUT2D eigenvalue weighted by molar-refractivity contribution is -0.140. The maximum Gasteiger partial charge on any atom is 0.356 e. The van der Waals surface area contributed by atoms with E-state index in [9.17, 15) is 9.90 Å². The van der Waals surface area contributed by atoms with Gasteiger partial charge in [0.1, 0.15) is 12.4 Å². The Morgan fingerprint density at radius 2 is 2.00 bits per heavy atom. The quantitative estimate of drug-likeness (QED) is 0.616. The second-order valence-corrected chi connectivity index (χ2v) is 6.06. The first-order chi connectivity index (χ1) is 12.6. The summed E-state index contributed by atoms with van der Waals surface area (Å²) in [5.41, 5.74) is 5.20. The molecule has 0 saturated carbocycles. The van der Waals surface area contributed by atoms with Crippen LogP contribution in [0.5, 0.6) is 17.2 Å². The van der Waals surface area contributed by atoms with Crippen LogP contribution in [0.2, 0.25) is 0 Å². The van der Waals surface area contributed by atoms with Crippen LogP contribution in [-0.2, 0) is 4.79 Å². The molecule has 3 N–H and O–H groups in total. The number of benzene rings is 2. The fourth-order valence-corrected chi connectivity index (χ4v) is 2.70. The molecule has 1 unspecified atom stereocenters. The van der Waals surface area contributed by atoms with Gasteiger partial charge in [-0.1, -0.05) is 36.0 Å². The zero-order valence-corrected chi connectivity index (χ0v) is 15.1. The highest BCUT2D eigenvalue weighted by molar-refractivity contribution is 8.03. The summed E-state index contributed by atoms with van der Waals surface area (Å²) in [4.78, 5) is 11.5. The van der Waals surface area contributed by atoms with Crippen molar-refractivity contribution in [2.45, 2.75) is 5.44 Å². The SMILES string of the molecule is COc1ccccc1OC(SC=Cc1cccc(OCCN)c1)C(=O)O. The second kappa shape index (κ2) is 10.4. The predicted octanol–water partition coefficient (Wildman–Crippen LogP) is 3.23. The molecule has 2 rings (SSSR count). The summed E-state index contributed by atoms with van der Waals surface area (Å²) in [5, 5.41) is 11.1. The van der Waals surface area contributed by atoms with Crippen LogP contribution in [0.25, 0.3) is 6.08 Å². The molecule has 0 aliphatic carbocycles. The molecular weight excluding hydrogens is 354 g/mol. The van der Waals surface area contributed by atoms with Crippen molar-refractivity contribution >= 4 is 23.8 Å². The average molecular weight is 375 g/mol. The number of para-hydroxylation sites is 2. The highest BCUT2D eigenvalue weighted by Gasteiger charge is 2.20. The van der Waals surface area contributed by atoms with E-state index in [4.69, 9.17) is 19.9 Å². The average Bonchev–Trinajstić information content (AvgIpc) is 2.66. The van der Waals surface area contributed by atoms with Crippen LogP contribution in [0.3, 0.4) is 0 Å². The largest absolute Gasteiger partial charge is 0.493 e. The maximum atomic E-state index is 11.5. The summed E-state index contributed by atoms with van der Waals surface area (Å²) < 4.78 is 16.2. The molecule has 0 fully saturated rings. The third kappa shape index (κ3) is 6.02. The number of nitrogens with two attached hydrogens (primary N) is 1. The molecule has 2 aromatic carbocycles. The minimum absolute atomic E-state index is 0.375. The summed E-state index contributed by atoms with van der Waals surface area (Å²) in [6, 6.07) is 14.4. The van der Waals surface area contributed by atoms with E-state index in [-0.39, 0.29) is 0 Å². The van der Waals surface area contributed by atoms with Gasteiger partial charge in [0.25, 0.3) is 0 Å². The van der Waals surface area contributed by atoms with Crippen molar-refractivity contribution in [2.75, 3.05) is 20.3 Å². The molecule has 0 heterocycles. The van der Waals surface area contributed by atoms with Gasteiger partial charge >= 0.3 is 5.97 Å². The number of carboxylic acids is 1. The minimum Gasteiger partial charge on any atom is -0.493 e. The Morgan fingerprint density at radius 1 is 1.23 bits per heavy atom. The lowest BCUT2D eigenvalue weighted by atomic mass is 10.2. The third-order valence-corrected chi connectivity index (χ3v) is 4.05. The molecule has 6 nitrogen and oxygen atoms in total. The van der Waals surface area contributed by atoms with Crippen LogP contribution < -0.4 is 19.9 Å². The van der Waals surface area contributed by atoms with E-state index in [1.165, 1.54) is 7.11 Å². The molecule has 0 bridgehead atoms. The monoisotopic (exact) mass is 375 g/mol. The summed E-state index contributed by atoms with van der Waals surface area (Å²) in [6.45, 7) is 0.881. The van der Waals surface area contributed by atoms with Gasteiger partial charge in [0, 0.05) is 6.54 Å². The minimum atomic E-state index is -1.10. The molecule has 26 heavy (non-hydrogen) atoms. The predicted molar refractivity (Wildman–Crippen MR) is 103 cm³/mol. The first-order valence-electron chi connectivity index (χ1n) is 7.91. The van der Waals surface area contributed by atoms with Gasteiger partial charge in [-0.3, -0.25) is 0 Å². The van der Waals surface area contributed by atoms with Crippen LogP contribution in [0.15, 0.2) is 53.9 Å². The number of aliphatic carboxylic acids is 1. The molecule has 138 valence electrons. The van der Waals surface area contributed by atoms with Gasteiger partial charge in [-0.05, 0) is 41.3 Å². The number of ether oxygens (including phenoxy) is 3. The van der Waals surface area contributed by atoms with Crippen molar-refractivity contribution in [1.82, 2.24) is 0 Å². The fourth-order valence-electron chi connectivity index (χ4n) is 2.04. The molecule has 0 spiro atoms. The van der Waals surface area contributed by atoms with Crippen LogP contribution in [0.4, 0.5) is 0 Å². The van der Waals surface area contributed by atoms with E-state index in [1.807, 2.05) is 24.3 Å². The van der Waals surface area contributed by atoms with Gasteiger partial charge in [0.05, 0.1) is 7.11 Å². The summed E-state index contributed by atoms with van der Waals surface area (Å²) in [6.07, 6.45) is 1.79. The van der Waals surface area contributed by atoms with Crippen molar-refractivity contribution in [3.63, 3.8) is 0 Å². The Bertz CT molecular complexity index is 750. The highest BCUT2D eigenvalue weighted by Crippen LogP contribution is 2.29. The Hall–Kier alpha value is -2.64. The van der Waals surface area contributed by atoms with E-state index < -0.39 is 11.4 Å². The molecular formula is C19H21NO5S. The van der Waals surface area contributed by atoms with Gasteiger partial charge in [0.15, 0.2) is 11.5 Å². The van der Waals surface area contributed by atoms with Crippen molar-refractivity contribution in [3.8, 4) is 17.2 Å². The van der Waals surface area contributed by atoms with Crippen LogP contribution in [0.1, 0.15) is 5.56 Å². The van der Waals surface area contributed by atoms with E-state index in [0.29, 0.717) is 30.4 Å². The summed E-state index contributed by atoms with van der Waals surface area (Å²) in [5.74, 6) is 0.488. The Labute approximate surface area is 156 Å². The molecule has 0 aliphatic heterocycles. The molecule has 0 radical (unpaired) electrons. The number of thioether (sulfide) groups is 1. The maximum absolute atomic E-state index is 11.5. The number of carboxylic acid groups (broad SMARTS) is 1. The van der Waals surface area contributed by atoms with Gasteiger partial charge in [-0.25, -0.2) is 4.79 Å². The molecule has 7 heteroatoms. The first-order valence-corrected chi connectivity index (χ1v) is 8.85. The zero-order chi connectivity index (χ0) is 18.8. The van der Waals surface area contributed by atoms with Crippen LogP contribution in [0, 0.1) is 0 Å². The number of hydrogen-bond acceptors (Lipinski definition) is 6. The summed E-state index contributed by atoms with van der Waals surface area (Å²) >= 11 is 1.04. The van der Waals surface area contributed by atoms with Crippen molar-refractivity contribution in [2.24, 2.45) is 5.73 Å². The Kier molecular flexibility index (Phi) is 7.85. The smallest absolute Gasteiger partial charge is 0.356 e. The van der Waals surface area contributed by atoms with Gasteiger partial charge in [0.2, 0.25) is 5.44 Å². The molecule has 0 aromatic heterocycles. The highest BCUT2D eigenvalue weighted by atomic mass is 32.2. The molecule has 0 aliphatic rings. The number of carbonyl (C=O) groups is 1. The summed E-state index contributed by atoms with van der Waals surface area (Å²) in [7, 11) is 1.50. The van der Waals surface area contributed by atoms with E-state index in [0.717, 1.165) is 17.3 Å². The Morgan fingerprint density at radius 3 is 2.69 bits per heavy atom. The lowest BCUT2D eigenvalue weighted by Gasteiger charge is -2.15. The fraction of sp³-hybridized carbons (Fsp3) is 0.211. The molecule has 0 amide bonds. The second-order valence-electron chi connectivity index (χ2n) is 5.09. The van der Waals surface area contributed by atoms with Crippen molar-refractivity contribution in [1.29, 1.82) is 0 Å². The van der Waals surface area contributed by atoms with Crippen molar-refractivity contribution < 1.29 is 24.1 Å². The topological polar surface area (TPSA) is 91.0 Å². The standard InChI is InChI=1S/C19H21NO5S/c1-23-16-7-2-3-8-17(16)25-19(18(21)22)26-12-9-14-5-4-6-15(13-14)24-11-10-20/h2-9,12-13,19H,10-11,20H2,1H3,(H,21,22). The number of hydrogen-bond donors (Lipinski definition) is 2. The van der Waals surface area contributed by atoms with Crippen LogP contribution in [-0.4, -0.2) is 36.8 Å². The first kappa shape index (κ1) is 19.7. The van der Waals surface area contributed by atoms with Gasteiger partial charge in [-0.15, -0.1) is 0 Å². The number of rotatable bonds is 10. The van der Waals surface area contributed by atoms with Crippen LogP contribution >= 0.6 is 11.8 Å². The lowest BCUT2D eigenvalue weighted by Crippen LogP contribution is -2.22. The molecule has 0 saturated heterocycles. The van der Waals surface area contributed by atoms with Gasteiger partial charge in [-0.2, -0.15) is 0 Å². The van der Waals surface area contributed by atoms with E-state index >= 15 is 0 Å². The van der Waals surface area contributed by atoms with E-state index in [1.54, 1.807) is 35.7 Å². The molecule has 2 aromatic rings. The van der Waals surface area contributed by atoms with Gasteiger partial charge < -0.3 is 25.1 Å². The molecule has 1 atom stereocenters. The van der Waals surface area contributed by atoms with Crippen molar-refractivity contribution in [3.05, 3.63) is 59.5 Å². The zero-order valence-electron chi connectivity index (χ0n) is 14.3.